The molecule has 0 radical (unpaired) electrons. The largest absolute Gasteiger partial charge is 0.508 e. The number of carbonyl (C=O) groups is 3. The molecule has 3 rings (SSSR count). The normalized spacial score (nSPS) is 14.9. The molecule has 0 atom stereocenters. The van der Waals surface area contributed by atoms with E-state index in [0.29, 0.717) is 11.4 Å². The average Bonchev–Trinajstić information content (AvgIpc) is 2.92. The molecule has 28 heavy (non-hydrogen) atoms. The molecule has 2 aromatic carbocycles. The van der Waals surface area contributed by atoms with E-state index in [1.807, 2.05) is 0 Å². The fraction of sp³-hybridized carbons (Fsp3) is 0.105. The van der Waals surface area contributed by atoms with Crippen LogP contribution in [-0.2, 0) is 9.59 Å². The lowest BCUT2D eigenvalue weighted by Crippen LogP contribution is -2.38. The van der Waals surface area contributed by atoms with Crippen molar-refractivity contribution in [3.63, 3.8) is 0 Å². The highest BCUT2D eigenvalue weighted by Gasteiger charge is 2.35. The van der Waals surface area contributed by atoms with Crippen LogP contribution >= 0.6 is 0 Å². The van der Waals surface area contributed by atoms with Gasteiger partial charge in [-0.3, -0.25) is 9.59 Å². The molecule has 0 aliphatic carbocycles. The number of nitrogens with zero attached hydrogens (tertiary/aromatic N) is 1. The Kier molecular flexibility index (Phi) is 5.16. The molecule has 0 bridgehead atoms. The molecule has 1 aliphatic heterocycles. The van der Waals surface area contributed by atoms with E-state index in [0.717, 1.165) is 11.0 Å². The molecule has 2 aromatic rings. The summed E-state index contributed by atoms with van der Waals surface area (Å²) in [5, 5.41) is 24.1. The van der Waals surface area contributed by atoms with E-state index < -0.39 is 24.4 Å². The topological polar surface area (TPSA) is 128 Å². The lowest BCUT2D eigenvalue weighted by atomic mass is 10.1. The minimum atomic E-state index is -0.751. The number of imide groups is 1. The van der Waals surface area contributed by atoms with Crippen molar-refractivity contribution in [2.75, 3.05) is 19.0 Å². The van der Waals surface area contributed by atoms with E-state index in [4.69, 9.17) is 4.74 Å². The van der Waals surface area contributed by atoms with Crippen molar-refractivity contribution in [2.24, 2.45) is 0 Å². The number of hydrogen-bond donors (Lipinski definition) is 4. The first-order valence-electron chi connectivity index (χ1n) is 8.18. The maximum atomic E-state index is 12.4. The highest BCUT2D eigenvalue weighted by molar-refractivity contribution is 6.16. The van der Waals surface area contributed by atoms with Crippen LogP contribution in [0.4, 0.5) is 10.5 Å². The third-order valence-electron chi connectivity index (χ3n) is 3.95. The first-order valence-corrected chi connectivity index (χ1v) is 8.18. The summed E-state index contributed by atoms with van der Waals surface area (Å²) in [6, 6.07) is 9.64. The number of hydrogen-bond acceptors (Lipinski definition) is 6. The number of amides is 4. The summed E-state index contributed by atoms with van der Waals surface area (Å²) in [6.45, 7) is -0.477. The zero-order valence-electron chi connectivity index (χ0n) is 14.8. The van der Waals surface area contributed by atoms with E-state index in [2.05, 4.69) is 10.6 Å². The monoisotopic (exact) mass is 383 g/mol. The number of methoxy groups -OCH3 is 1. The Hall–Kier alpha value is -4.01. The summed E-state index contributed by atoms with van der Waals surface area (Å²) < 4.78 is 5.03. The van der Waals surface area contributed by atoms with Crippen LogP contribution in [0.3, 0.4) is 0 Å². The van der Waals surface area contributed by atoms with Gasteiger partial charge in [0.1, 0.15) is 29.5 Å². The van der Waals surface area contributed by atoms with Crippen LogP contribution in [0.2, 0.25) is 0 Å². The number of anilines is 1. The second kappa shape index (κ2) is 7.70. The SMILES string of the molecule is COc1ccc(NC(=O)CN2C(=O)N/C(=C\c3ccc(O)cc3O)C2=O)cc1. The fourth-order valence-electron chi connectivity index (χ4n) is 2.54. The molecule has 4 amide bonds. The van der Waals surface area contributed by atoms with Crippen molar-refractivity contribution < 1.29 is 29.3 Å². The van der Waals surface area contributed by atoms with Gasteiger partial charge in [-0.05, 0) is 42.5 Å². The molecule has 1 heterocycles. The van der Waals surface area contributed by atoms with E-state index in [1.54, 1.807) is 24.3 Å². The Morgan fingerprint density at radius 3 is 2.54 bits per heavy atom. The minimum absolute atomic E-state index is 0.0942. The maximum absolute atomic E-state index is 12.4. The van der Waals surface area contributed by atoms with Crippen molar-refractivity contribution >= 4 is 29.6 Å². The predicted molar refractivity (Wildman–Crippen MR) is 99.6 cm³/mol. The number of urea groups is 1. The molecule has 9 nitrogen and oxygen atoms in total. The molecule has 1 aliphatic rings. The van der Waals surface area contributed by atoms with Gasteiger partial charge in [0, 0.05) is 17.3 Å². The van der Waals surface area contributed by atoms with Crippen molar-refractivity contribution in [3.8, 4) is 17.2 Å². The number of carbonyl (C=O) groups excluding carboxylic acids is 3. The molecule has 1 saturated heterocycles. The highest BCUT2D eigenvalue weighted by atomic mass is 16.5. The summed E-state index contributed by atoms with van der Waals surface area (Å²) >= 11 is 0. The van der Waals surface area contributed by atoms with Crippen LogP contribution in [-0.4, -0.2) is 46.6 Å². The molecule has 0 saturated carbocycles. The zero-order valence-corrected chi connectivity index (χ0v) is 14.8. The molecule has 9 heteroatoms. The molecule has 0 spiro atoms. The fourth-order valence-corrected chi connectivity index (χ4v) is 2.54. The summed E-state index contributed by atoms with van der Waals surface area (Å²) in [6.07, 6.45) is 1.26. The minimum Gasteiger partial charge on any atom is -0.508 e. The third-order valence-corrected chi connectivity index (χ3v) is 3.95. The quantitative estimate of drug-likeness (QED) is 0.459. The predicted octanol–water partition coefficient (Wildman–Crippen LogP) is 1.64. The molecule has 0 aromatic heterocycles. The zero-order chi connectivity index (χ0) is 20.3. The van der Waals surface area contributed by atoms with Crippen molar-refractivity contribution in [1.29, 1.82) is 0 Å². The van der Waals surface area contributed by atoms with E-state index in [-0.39, 0.29) is 22.8 Å². The van der Waals surface area contributed by atoms with Crippen LogP contribution < -0.4 is 15.4 Å². The van der Waals surface area contributed by atoms with E-state index in [9.17, 15) is 24.6 Å². The smallest absolute Gasteiger partial charge is 0.329 e. The summed E-state index contributed by atoms with van der Waals surface area (Å²) in [7, 11) is 1.52. The Bertz CT molecular complexity index is 968. The second-order valence-electron chi connectivity index (χ2n) is 5.90. The number of phenolic OH excluding ortho intramolecular Hbond substituents is 2. The third kappa shape index (κ3) is 4.04. The van der Waals surface area contributed by atoms with Gasteiger partial charge >= 0.3 is 6.03 Å². The maximum Gasteiger partial charge on any atom is 0.329 e. The average molecular weight is 383 g/mol. The Morgan fingerprint density at radius 2 is 1.89 bits per heavy atom. The number of nitrogens with one attached hydrogen (secondary N) is 2. The number of aromatic hydroxyl groups is 2. The Morgan fingerprint density at radius 1 is 1.18 bits per heavy atom. The van der Waals surface area contributed by atoms with Gasteiger partial charge in [0.2, 0.25) is 5.91 Å². The first-order chi connectivity index (χ1) is 13.4. The Balaban J connectivity index is 1.69. The van der Waals surface area contributed by atoms with Crippen molar-refractivity contribution in [1.82, 2.24) is 10.2 Å². The summed E-state index contributed by atoms with van der Waals surface area (Å²) in [5.74, 6) is -1.03. The van der Waals surface area contributed by atoms with Gasteiger partial charge in [-0.15, -0.1) is 0 Å². The van der Waals surface area contributed by atoms with Gasteiger partial charge in [-0.25, -0.2) is 9.69 Å². The number of phenols is 2. The molecule has 0 unspecified atom stereocenters. The number of benzene rings is 2. The highest BCUT2D eigenvalue weighted by Crippen LogP contribution is 2.25. The lowest BCUT2D eigenvalue weighted by molar-refractivity contribution is -0.127. The summed E-state index contributed by atoms with van der Waals surface area (Å²) in [4.78, 5) is 37.4. The molecule has 144 valence electrons. The van der Waals surface area contributed by atoms with Crippen molar-refractivity contribution in [2.45, 2.75) is 0 Å². The van der Waals surface area contributed by atoms with Gasteiger partial charge in [0.15, 0.2) is 0 Å². The van der Waals surface area contributed by atoms with Gasteiger partial charge in [-0.2, -0.15) is 0 Å². The molecular formula is C19H17N3O6. The first kappa shape index (κ1) is 18.8. The van der Waals surface area contributed by atoms with Gasteiger partial charge < -0.3 is 25.6 Å². The van der Waals surface area contributed by atoms with Crippen LogP contribution in [0.25, 0.3) is 6.08 Å². The van der Waals surface area contributed by atoms with Crippen LogP contribution in [0, 0.1) is 0 Å². The Labute approximate surface area is 159 Å². The van der Waals surface area contributed by atoms with E-state index in [1.165, 1.54) is 25.3 Å². The number of ether oxygens (including phenoxy) is 1. The van der Waals surface area contributed by atoms with Crippen molar-refractivity contribution in [3.05, 3.63) is 53.7 Å². The van der Waals surface area contributed by atoms with Crippen LogP contribution in [0.5, 0.6) is 17.2 Å². The lowest BCUT2D eigenvalue weighted by Gasteiger charge is -2.12. The number of rotatable bonds is 5. The molecular weight excluding hydrogens is 366 g/mol. The van der Waals surface area contributed by atoms with Gasteiger partial charge in [0.05, 0.1) is 7.11 Å². The van der Waals surface area contributed by atoms with Crippen LogP contribution in [0.15, 0.2) is 48.2 Å². The standard InChI is InChI=1S/C19H17N3O6/c1-28-14-6-3-12(4-7-14)20-17(25)10-22-18(26)15(21-19(22)27)8-11-2-5-13(23)9-16(11)24/h2-9,23-24H,10H2,1H3,(H,20,25)(H,21,27)/b15-8-. The van der Waals surface area contributed by atoms with Gasteiger partial charge in [-0.1, -0.05) is 0 Å². The van der Waals surface area contributed by atoms with Crippen LogP contribution in [0.1, 0.15) is 5.56 Å². The molecule has 1 fully saturated rings. The van der Waals surface area contributed by atoms with Gasteiger partial charge in [0.25, 0.3) is 5.91 Å². The summed E-state index contributed by atoms with van der Waals surface area (Å²) in [5.41, 5.74) is 0.622. The second-order valence-corrected chi connectivity index (χ2v) is 5.90. The molecule has 4 N–H and O–H groups in total. The van der Waals surface area contributed by atoms with E-state index >= 15 is 0 Å².